The number of benzene rings is 1. The lowest BCUT2D eigenvalue weighted by atomic mass is 10.1. The smallest absolute Gasteiger partial charge is 0.244 e. The molecule has 0 saturated carbocycles. The Hall–Kier alpha value is -1.64. The van der Waals surface area contributed by atoms with Gasteiger partial charge in [0.2, 0.25) is 5.91 Å². The molecule has 0 aromatic heterocycles. The molecule has 3 heteroatoms. The highest BCUT2D eigenvalue weighted by molar-refractivity contribution is 5.92. The number of halogens is 1. The van der Waals surface area contributed by atoms with E-state index in [4.69, 9.17) is 0 Å². The molecule has 1 aromatic rings. The number of amides is 1. The molecule has 86 valence electrons. The summed E-state index contributed by atoms with van der Waals surface area (Å²) in [7, 11) is 0. The summed E-state index contributed by atoms with van der Waals surface area (Å²) >= 11 is 0. The van der Waals surface area contributed by atoms with E-state index in [-0.39, 0.29) is 17.3 Å². The van der Waals surface area contributed by atoms with Gasteiger partial charge in [-0.3, -0.25) is 4.79 Å². The van der Waals surface area contributed by atoms with E-state index in [1.54, 1.807) is 18.2 Å². The molecule has 1 aromatic carbocycles. The summed E-state index contributed by atoms with van der Waals surface area (Å²) in [6.07, 6.45) is 2.99. The zero-order chi connectivity index (χ0) is 12.2. The topological polar surface area (TPSA) is 29.1 Å². The van der Waals surface area contributed by atoms with Crippen LogP contribution in [0.25, 0.3) is 6.08 Å². The average molecular weight is 221 g/mol. The van der Waals surface area contributed by atoms with Gasteiger partial charge >= 0.3 is 0 Å². The predicted octanol–water partition coefficient (Wildman–Crippen LogP) is 2.75. The summed E-state index contributed by atoms with van der Waals surface area (Å²) in [4.78, 5) is 11.4. The maximum atomic E-state index is 12.8. The number of carbonyl (C=O) groups excluding carboxylic acids is 1. The van der Waals surface area contributed by atoms with Crippen LogP contribution in [0.5, 0.6) is 0 Å². The number of hydrogen-bond donors (Lipinski definition) is 1. The SMILES string of the molecule is CC(C)(C)NC(=O)C=Cc1cccc(F)c1. The summed E-state index contributed by atoms with van der Waals surface area (Å²) in [6.45, 7) is 5.71. The van der Waals surface area contributed by atoms with E-state index in [0.29, 0.717) is 5.56 Å². The maximum absolute atomic E-state index is 12.8. The Balaban J connectivity index is 2.64. The third-order valence-electron chi connectivity index (χ3n) is 1.77. The van der Waals surface area contributed by atoms with Crippen molar-refractivity contribution in [1.29, 1.82) is 0 Å². The zero-order valence-electron chi connectivity index (χ0n) is 9.75. The standard InChI is InChI=1S/C13H16FNO/c1-13(2,3)15-12(16)8-7-10-5-4-6-11(14)9-10/h4-9H,1-3H3,(H,15,16). The first-order valence-electron chi connectivity index (χ1n) is 5.13. The second-order valence-electron chi connectivity index (χ2n) is 4.63. The first kappa shape index (κ1) is 12.4. The van der Waals surface area contributed by atoms with Crippen molar-refractivity contribution in [1.82, 2.24) is 5.32 Å². The molecule has 0 fully saturated rings. The highest BCUT2D eigenvalue weighted by atomic mass is 19.1. The van der Waals surface area contributed by atoms with Gasteiger partial charge in [-0.1, -0.05) is 12.1 Å². The summed E-state index contributed by atoms with van der Waals surface area (Å²) in [5.41, 5.74) is 0.410. The molecule has 0 heterocycles. The molecule has 1 rings (SSSR count). The molecule has 0 aliphatic rings. The van der Waals surface area contributed by atoms with Crippen LogP contribution in [-0.4, -0.2) is 11.4 Å². The van der Waals surface area contributed by atoms with Crippen LogP contribution in [-0.2, 0) is 4.79 Å². The number of carbonyl (C=O) groups is 1. The van der Waals surface area contributed by atoms with E-state index < -0.39 is 0 Å². The summed E-state index contributed by atoms with van der Waals surface area (Å²) < 4.78 is 12.8. The molecular formula is C13H16FNO. The van der Waals surface area contributed by atoms with Gasteiger partial charge in [-0.15, -0.1) is 0 Å². The minimum atomic E-state index is -0.307. The Labute approximate surface area is 95.2 Å². The third-order valence-corrected chi connectivity index (χ3v) is 1.77. The van der Waals surface area contributed by atoms with Crippen LogP contribution in [0.2, 0.25) is 0 Å². The highest BCUT2D eigenvalue weighted by Crippen LogP contribution is 2.05. The van der Waals surface area contributed by atoms with E-state index >= 15 is 0 Å². The van der Waals surface area contributed by atoms with E-state index in [2.05, 4.69) is 5.32 Å². The van der Waals surface area contributed by atoms with Gasteiger partial charge in [0.15, 0.2) is 0 Å². The van der Waals surface area contributed by atoms with Gasteiger partial charge in [-0.25, -0.2) is 4.39 Å². The normalized spacial score (nSPS) is 11.8. The number of rotatable bonds is 2. The van der Waals surface area contributed by atoms with Crippen molar-refractivity contribution in [3.63, 3.8) is 0 Å². The average Bonchev–Trinajstić information content (AvgIpc) is 2.12. The van der Waals surface area contributed by atoms with Gasteiger partial charge < -0.3 is 5.32 Å². The second kappa shape index (κ2) is 4.92. The molecule has 0 atom stereocenters. The Morgan fingerprint density at radius 1 is 1.38 bits per heavy atom. The van der Waals surface area contributed by atoms with Crippen LogP contribution < -0.4 is 5.32 Å². The van der Waals surface area contributed by atoms with Gasteiger partial charge in [0.1, 0.15) is 5.82 Å². The van der Waals surface area contributed by atoms with Gasteiger partial charge in [0, 0.05) is 11.6 Å². The van der Waals surface area contributed by atoms with Crippen LogP contribution in [0.15, 0.2) is 30.3 Å². The molecule has 0 aliphatic heterocycles. The fourth-order valence-electron chi connectivity index (χ4n) is 1.19. The second-order valence-corrected chi connectivity index (χ2v) is 4.63. The monoisotopic (exact) mass is 221 g/mol. The quantitative estimate of drug-likeness (QED) is 0.764. The molecule has 0 bridgehead atoms. The zero-order valence-corrected chi connectivity index (χ0v) is 9.75. The van der Waals surface area contributed by atoms with E-state index in [1.165, 1.54) is 18.2 Å². The number of hydrogen-bond acceptors (Lipinski definition) is 1. The first-order chi connectivity index (χ1) is 7.37. The van der Waals surface area contributed by atoms with Crippen molar-refractivity contribution in [3.05, 3.63) is 41.7 Å². The fraction of sp³-hybridized carbons (Fsp3) is 0.308. The Morgan fingerprint density at radius 2 is 2.06 bits per heavy atom. The molecular weight excluding hydrogens is 205 g/mol. The lowest BCUT2D eigenvalue weighted by Crippen LogP contribution is -2.39. The minimum absolute atomic E-state index is 0.184. The Kier molecular flexibility index (Phi) is 3.82. The maximum Gasteiger partial charge on any atom is 0.244 e. The molecule has 0 saturated heterocycles. The van der Waals surface area contributed by atoms with Crippen molar-refractivity contribution in [2.45, 2.75) is 26.3 Å². The van der Waals surface area contributed by atoms with Gasteiger partial charge in [0.25, 0.3) is 0 Å². The molecule has 2 nitrogen and oxygen atoms in total. The third kappa shape index (κ3) is 4.73. The minimum Gasteiger partial charge on any atom is -0.348 e. The van der Waals surface area contributed by atoms with Crippen molar-refractivity contribution >= 4 is 12.0 Å². The molecule has 0 aliphatic carbocycles. The summed E-state index contributed by atoms with van der Waals surface area (Å²) in [5, 5.41) is 2.78. The van der Waals surface area contributed by atoms with E-state index in [1.807, 2.05) is 20.8 Å². The van der Waals surface area contributed by atoms with Crippen LogP contribution in [0, 0.1) is 5.82 Å². The lowest BCUT2D eigenvalue weighted by Gasteiger charge is -2.18. The van der Waals surface area contributed by atoms with E-state index in [0.717, 1.165) is 0 Å². The van der Waals surface area contributed by atoms with Crippen molar-refractivity contribution in [2.75, 3.05) is 0 Å². The summed E-state index contributed by atoms with van der Waals surface area (Å²) in [5.74, 6) is -0.491. The van der Waals surface area contributed by atoms with Crippen molar-refractivity contribution < 1.29 is 9.18 Å². The van der Waals surface area contributed by atoms with Gasteiger partial charge in [0.05, 0.1) is 0 Å². The molecule has 0 radical (unpaired) electrons. The van der Waals surface area contributed by atoms with Gasteiger partial charge in [-0.2, -0.15) is 0 Å². The largest absolute Gasteiger partial charge is 0.348 e. The first-order valence-corrected chi connectivity index (χ1v) is 5.13. The molecule has 0 unspecified atom stereocenters. The molecule has 1 amide bonds. The molecule has 0 spiro atoms. The lowest BCUT2D eigenvalue weighted by molar-refractivity contribution is -0.117. The summed E-state index contributed by atoms with van der Waals surface area (Å²) in [6, 6.07) is 6.09. The fourth-order valence-corrected chi connectivity index (χ4v) is 1.19. The van der Waals surface area contributed by atoms with E-state index in [9.17, 15) is 9.18 Å². The van der Waals surface area contributed by atoms with Gasteiger partial charge in [-0.05, 0) is 44.5 Å². The van der Waals surface area contributed by atoms with Crippen molar-refractivity contribution in [3.8, 4) is 0 Å². The van der Waals surface area contributed by atoms with Crippen LogP contribution >= 0.6 is 0 Å². The van der Waals surface area contributed by atoms with Crippen LogP contribution in [0.3, 0.4) is 0 Å². The number of nitrogens with one attached hydrogen (secondary N) is 1. The molecule has 16 heavy (non-hydrogen) atoms. The highest BCUT2D eigenvalue weighted by Gasteiger charge is 2.10. The Bertz CT molecular complexity index is 405. The predicted molar refractivity (Wildman–Crippen MR) is 63.3 cm³/mol. The van der Waals surface area contributed by atoms with Crippen LogP contribution in [0.4, 0.5) is 4.39 Å². The van der Waals surface area contributed by atoms with Crippen molar-refractivity contribution in [2.24, 2.45) is 0 Å². The Morgan fingerprint density at radius 3 is 2.62 bits per heavy atom. The molecule has 1 N–H and O–H groups in total. The van der Waals surface area contributed by atoms with Crippen LogP contribution in [0.1, 0.15) is 26.3 Å².